The number of furan rings is 1. The Kier molecular flexibility index (Phi) is 5.08. The Morgan fingerprint density at radius 2 is 1.80 bits per heavy atom. The molecule has 4 heteroatoms. The SMILES string of the molecule is COc1c(/C(C)=C/C(=O)N(C)C)cc2c(-c3ccc4ccccc4c3)coc2c1C. The monoisotopic (exact) mass is 399 g/mol. The van der Waals surface area contributed by atoms with Crippen molar-refractivity contribution in [1.82, 2.24) is 4.90 Å². The van der Waals surface area contributed by atoms with Crippen LogP contribution in [0.4, 0.5) is 0 Å². The first-order valence-electron chi connectivity index (χ1n) is 9.88. The van der Waals surface area contributed by atoms with Gasteiger partial charge in [-0.3, -0.25) is 4.79 Å². The van der Waals surface area contributed by atoms with Gasteiger partial charge in [0.15, 0.2) is 0 Å². The Morgan fingerprint density at radius 3 is 2.50 bits per heavy atom. The van der Waals surface area contributed by atoms with E-state index in [2.05, 4.69) is 36.4 Å². The second-order valence-corrected chi connectivity index (χ2v) is 7.73. The summed E-state index contributed by atoms with van der Waals surface area (Å²) < 4.78 is 11.7. The minimum atomic E-state index is -0.0609. The van der Waals surface area contributed by atoms with E-state index in [1.807, 2.05) is 26.0 Å². The lowest BCUT2D eigenvalue weighted by molar-refractivity contribution is -0.123. The van der Waals surface area contributed by atoms with Crippen LogP contribution in [0.3, 0.4) is 0 Å². The number of likely N-dealkylation sites (N-methyl/N-ethyl adjacent to an activating group) is 1. The van der Waals surface area contributed by atoms with Gasteiger partial charge in [-0.25, -0.2) is 0 Å². The van der Waals surface area contributed by atoms with Crippen LogP contribution >= 0.6 is 0 Å². The van der Waals surface area contributed by atoms with Crippen molar-refractivity contribution in [3.8, 4) is 16.9 Å². The third-order valence-electron chi connectivity index (χ3n) is 5.51. The van der Waals surface area contributed by atoms with Gasteiger partial charge in [-0.15, -0.1) is 0 Å². The summed E-state index contributed by atoms with van der Waals surface area (Å²) in [5.74, 6) is 0.663. The number of fused-ring (bicyclic) bond motifs is 2. The van der Waals surface area contributed by atoms with Crippen LogP contribution in [0, 0.1) is 6.92 Å². The molecule has 1 aromatic heterocycles. The molecule has 0 spiro atoms. The fraction of sp³-hybridized carbons (Fsp3) is 0.192. The average molecular weight is 399 g/mol. The van der Waals surface area contributed by atoms with Crippen molar-refractivity contribution in [3.05, 3.63) is 72.0 Å². The molecule has 4 nitrogen and oxygen atoms in total. The van der Waals surface area contributed by atoms with Gasteiger partial charge < -0.3 is 14.1 Å². The predicted molar refractivity (Wildman–Crippen MR) is 123 cm³/mol. The molecule has 0 aliphatic rings. The Morgan fingerprint density at radius 1 is 1.07 bits per heavy atom. The molecule has 4 rings (SSSR count). The molecule has 152 valence electrons. The number of carbonyl (C=O) groups excluding carboxylic acids is 1. The van der Waals surface area contributed by atoms with E-state index in [1.54, 1.807) is 38.4 Å². The van der Waals surface area contributed by atoms with Gasteiger partial charge in [0.1, 0.15) is 11.3 Å². The third-order valence-corrected chi connectivity index (χ3v) is 5.51. The lowest BCUT2D eigenvalue weighted by Gasteiger charge is -2.14. The first kappa shape index (κ1) is 19.8. The highest BCUT2D eigenvalue weighted by Gasteiger charge is 2.19. The third kappa shape index (κ3) is 3.35. The molecule has 1 amide bonds. The highest BCUT2D eigenvalue weighted by atomic mass is 16.5. The van der Waals surface area contributed by atoms with Crippen LogP contribution in [0.1, 0.15) is 18.1 Å². The van der Waals surface area contributed by atoms with Crippen molar-refractivity contribution in [2.75, 3.05) is 21.2 Å². The molecule has 0 aliphatic carbocycles. The Labute approximate surface area is 176 Å². The second-order valence-electron chi connectivity index (χ2n) is 7.73. The Bertz CT molecular complexity index is 1290. The maximum Gasteiger partial charge on any atom is 0.246 e. The van der Waals surface area contributed by atoms with E-state index in [9.17, 15) is 4.79 Å². The van der Waals surface area contributed by atoms with Gasteiger partial charge >= 0.3 is 0 Å². The zero-order chi connectivity index (χ0) is 21.4. The molecular formula is C26H25NO3. The van der Waals surface area contributed by atoms with E-state index in [0.29, 0.717) is 0 Å². The topological polar surface area (TPSA) is 42.7 Å². The number of benzene rings is 3. The molecule has 0 fully saturated rings. The van der Waals surface area contributed by atoms with Crippen LogP contribution in [-0.2, 0) is 4.79 Å². The van der Waals surface area contributed by atoms with Crippen LogP contribution in [0.5, 0.6) is 5.75 Å². The van der Waals surface area contributed by atoms with Gasteiger partial charge in [-0.05, 0) is 47.9 Å². The highest BCUT2D eigenvalue weighted by molar-refractivity contribution is 6.02. The quantitative estimate of drug-likeness (QED) is 0.392. The molecule has 0 saturated heterocycles. The summed E-state index contributed by atoms with van der Waals surface area (Å²) in [7, 11) is 5.13. The fourth-order valence-electron chi connectivity index (χ4n) is 3.84. The lowest BCUT2D eigenvalue weighted by Crippen LogP contribution is -2.19. The molecule has 0 atom stereocenters. The van der Waals surface area contributed by atoms with Crippen LogP contribution in [0.15, 0.2) is 65.3 Å². The van der Waals surface area contributed by atoms with Crippen molar-refractivity contribution >= 4 is 33.2 Å². The van der Waals surface area contributed by atoms with Gasteiger partial charge in [-0.2, -0.15) is 0 Å². The Hall–Kier alpha value is -3.53. The Balaban J connectivity index is 1.93. The van der Waals surface area contributed by atoms with Crippen LogP contribution in [-0.4, -0.2) is 32.0 Å². The first-order chi connectivity index (χ1) is 14.4. The molecule has 30 heavy (non-hydrogen) atoms. The van der Waals surface area contributed by atoms with Crippen molar-refractivity contribution in [2.45, 2.75) is 13.8 Å². The van der Waals surface area contributed by atoms with Crippen molar-refractivity contribution in [1.29, 1.82) is 0 Å². The maximum atomic E-state index is 12.2. The molecule has 0 radical (unpaired) electrons. The van der Waals surface area contributed by atoms with E-state index < -0.39 is 0 Å². The van der Waals surface area contributed by atoms with Crippen LogP contribution in [0.2, 0.25) is 0 Å². The molecular weight excluding hydrogens is 374 g/mol. The number of allylic oxidation sites excluding steroid dienone is 1. The van der Waals surface area contributed by atoms with Gasteiger partial charge in [0.2, 0.25) is 5.91 Å². The summed E-state index contributed by atoms with van der Waals surface area (Å²) in [5.41, 5.74) is 5.57. The molecule has 3 aromatic carbocycles. The van der Waals surface area contributed by atoms with E-state index in [0.717, 1.165) is 44.5 Å². The smallest absolute Gasteiger partial charge is 0.246 e. The van der Waals surface area contributed by atoms with Crippen molar-refractivity contribution in [3.63, 3.8) is 0 Å². The number of hydrogen-bond acceptors (Lipinski definition) is 3. The van der Waals surface area contributed by atoms with Crippen molar-refractivity contribution < 1.29 is 13.9 Å². The maximum absolute atomic E-state index is 12.2. The second kappa shape index (κ2) is 7.71. The van der Waals surface area contributed by atoms with E-state index in [4.69, 9.17) is 9.15 Å². The minimum absolute atomic E-state index is 0.0609. The zero-order valence-corrected chi connectivity index (χ0v) is 17.9. The summed E-state index contributed by atoms with van der Waals surface area (Å²) in [4.78, 5) is 13.8. The number of methoxy groups -OCH3 is 1. The molecule has 0 N–H and O–H groups in total. The number of amides is 1. The molecule has 4 aromatic rings. The first-order valence-corrected chi connectivity index (χ1v) is 9.88. The normalized spacial score (nSPS) is 11.8. The molecule has 1 heterocycles. The highest BCUT2D eigenvalue weighted by Crippen LogP contribution is 2.41. The van der Waals surface area contributed by atoms with E-state index in [1.165, 1.54) is 10.8 Å². The number of rotatable bonds is 4. The predicted octanol–water partition coefficient (Wildman–Crippen LogP) is 6.06. The summed E-state index contributed by atoms with van der Waals surface area (Å²) >= 11 is 0. The fourth-order valence-corrected chi connectivity index (χ4v) is 3.84. The number of carbonyl (C=O) groups is 1. The standard InChI is InChI=1S/C26H25NO3/c1-16(12-24(28)27(3)4)21-14-22-23(15-30-26(22)17(2)25(21)29-5)20-11-10-18-8-6-7-9-19(18)13-20/h6-15H,1-5H3/b16-12+. The van der Waals surface area contributed by atoms with Crippen LogP contribution < -0.4 is 4.74 Å². The number of nitrogens with zero attached hydrogens (tertiary/aromatic N) is 1. The number of ether oxygens (including phenoxy) is 1. The lowest BCUT2D eigenvalue weighted by atomic mass is 9.95. The zero-order valence-electron chi connectivity index (χ0n) is 17.9. The molecule has 0 saturated carbocycles. The van der Waals surface area contributed by atoms with Gasteiger partial charge in [0, 0.05) is 42.2 Å². The van der Waals surface area contributed by atoms with E-state index >= 15 is 0 Å². The summed E-state index contributed by atoms with van der Waals surface area (Å²) in [6, 6.07) is 16.8. The van der Waals surface area contributed by atoms with Gasteiger partial charge in [0.05, 0.1) is 13.4 Å². The van der Waals surface area contributed by atoms with Gasteiger partial charge in [0.25, 0.3) is 0 Å². The minimum Gasteiger partial charge on any atom is -0.496 e. The van der Waals surface area contributed by atoms with E-state index in [-0.39, 0.29) is 5.91 Å². The summed E-state index contributed by atoms with van der Waals surface area (Å²) in [5, 5.41) is 3.39. The van der Waals surface area contributed by atoms with Crippen molar-refractivity contribution in [2.24, 2.45) is 0 Å². The van der Waals surface area contributed by atoms with Crippen LogP contribution in [0.25, 0.3) is 38.4 Å². The molecule has 0 aliphatic heterocycles. The summed E-state index contributed by atoms with van der Waals surface area (Å²) in [6.45, 7) is 3.92. The molecule has 0 bridgehead atoms. The molecule has 0 unspecified atom stereocenters. The average Bonchev–Trinajstić information content (AvgIpc) is 3.17. The van der Waals surface area contributed by atoms with Gasteiger partial charge in [-0.1, -0.05) is 36.4 Å². The number of aryl methyl sites for hydroxylation is 1. The summed E-state index contributed by atoms with van der Waals surface area (Å²) in [6.07, 6.45) is 3.44. The largest absolute Gasteiger partial charge is 0.496 e. The number of hydrogen-bond donors (Lipinski definition) is 0.